The predicted molar refractivity (Wildman–Crippen MR) is 155 cm³/mol. The summed E-state index contributed by atoms with van der Waals surface area (Å²) in [5, 5.41) is 0. The number of esters is 1. The largest absolute Gasteiger partial charge is 0.494 e. The second-order valence-electron chi connectivity index (χ2n) is 10.7. The molecule has 0 saturated carbocycles. The minimum Gasteiger partial charge on any atom is -0.494 e. The number of hydrogen-bond acceptors (Lipinski definition) is 5. The Morgan fingerprint density at radius 3 is 2.26 bits per heavy atom. The first-order valence-corrected chi connectivity index (χ1v) is 14.6. The molecule has 0 radical (unpaired) electrons. The molecule has 206 valence electrons. The lowest BCUT2D eigenvalue weighted by Gasteiger charge is -2.20. The van der Waals surface area contributed by atoms with Crippen LogP contribution in [-0.4, -0.2) is 22.5 Å². The summed E-state index contributed by atoms with van der Waals surface area (Å²) < 4.78 is 11.5. The fourth-order valence-corrected chi connectivity index (χ4v) is 4.72. The van der Waals surface area contributed by atoms with Gasteiger partial charge in [-0.1, -0.05) is 75.2 Å². The Hall–Kier alpha value is -2.95. The van der Waals surface area contributed by atoms with E-state index in [1.54, 1.807) is 12.4 Å². The first-order valence-electron chi connectivity index (χ1n) is 14.6. The second-order valence-corrected chi connectivity index (χ2v) is 10.7. The standard InChI is InChI=1S/C33H46N2O3/c1-4-5-6-7-8-9-10-11-23-37-30-21-19-28(20-22-30)32-34-24-31(25-35-32)38-33(36)29-17-15-27(16-18-29)14-12-13-26(2)3/h13,15,19-22,24-25,29H,4-12,14,16-18,23H2,1-3H3. The Labute approximate surface area is 229 Å². The van der Waals surface area contributed by atoms with Crippen molar-refractivity contribution in [3.05, 3.63) is 60.0 Å². The van der Waals surface area contributed by atoms with Gasteiger partial charge in [0.15, 0.2) is 11.6 Å². The molecule has 1 aliphatic carbocycles. The van der Waals surface area contributed by atoms with E-state index in [0.717, 1.165) is 56.4 Å². The number of rotatable bonds is 16. The van der Waals surface area contributed by atoms with Crippen LogP contribution in [0.1, 0.15) is 104 Å². The third kappa shape index (κ3) is 10.8. The van der Waals surface area contributed by atoms with Gasteiger partial charge in [-0.15, -0.1) is 0 Å². The fraction of sp³-hybridized carbons (Fsp3) is 0.545. The van der Waals surface area contributed by atoms with Crippen molar-refractivity contribution in [3.63, 3.8) is 0 Å². The van der Waals surface area contributed by atoms with Crippen LogP contribution in [0, 0.1) is 5.92 Å². The minimum absolute atomic E-state index is 0.0970. The Morgan fingerprint density at radius 1 is 0.947 bits per heavy atom. The highest BCUT2D eigenvalue weighted by Crippen LogP contribution is 2.28. The molecule has 5 nitrogen and oxygen atoms in total. The van der Waals surface area contributed by atoms with Crippen LogP contribution in [0.5, 0.6) is 11.5 Å². The van der Waals surface area contributed by atoms with Crippen molar-refractivity contribution in [2.24, 2.45) is 5.92 Å². The van der Waals surface area contributed by atoms with Gasteiger partial charge in [0, 0.05) is 5.56 Å². The molecule has 0 saturated heterocycles. The van der Waals surface area contributed by atoms with Crippen molar-refractivity contribution in [1.82, 2.24) is 9.97 Å². The highest BCUT2D eigenvalue weighted by atomic mass is 16.5. The molecule has 1 atom stereocenters. The molecule has 0 aliphatic heterocycles. The molecule has 1 heterocycles. The summed E-state index contributed by atoms with van der Waals surface area (Å²) >= 11 is 0. The zero-order valence-corrected chi connectivity index (χ0v) is 23.7. The summed E-state index contributed by atoms with van der Waals surface area (Å²) in [6.45, 7) is 7.26. The lowest BCUT2D eigenvalue weighted by atomic mass is 9.88. The van der Waals surface area contributed by atoms with Crippen LogP contribution in [0.25, 0.3) is 11.4 Å². The average molecular weight is 519 g/mol. The molecule has 1 aromatic heterocycles. The maximum atomic E-state index is 12.6. The first-order chi connectivity index (χ1) is 18.5. The van der Waals surface area contributed by atoms with Gasteiger partial charge >= 0.3 is 5.97 Å². The summed E-state index contributed by atoms with van der Waals surface area (Å²) in [4.78, 5) is 21.5. The molecule has 0 spiro atoms. The van der Waals surface area contributed by atoms with Gasteiger partial charge in [-0.05, 0) is 76.6 Å². The zero-order valence-electron chi connectivity index (χ0n) is 23.7. The third-order valence-corrected chi connectivity index (χ3v) is 7.08. The van der Waals surface area contributed by atoms with E-state index in [1.807, 2.05) is 24.3 Å². The molecule has 0 N–H and O–H groups in total. The lowest BCUT2D eigenvalue weighted by molar-refractivity contribution is -0.139. The van der Waals surface area contributed by atoms with Crippen molar-refractivity contribution in [1.29, 1.82) is 0 Å². The van der Waals surface area contributed by atoms with Gasteiger partial charge in [-0.3, -0.25) is 4.79 Å². The molecule has 1 aliphatic rings. The van der Waals surface area contributed by atoms with Crippen molar-refractivity contribution in [2.45, 2.75) is 104 Å². The monoisotopic (exact) mass is 518 g/mol. The topological polar surface area (TPSA) is 61.3 Å². The molecule has 38 heavy (non-hydrogen) atoms. The van der Waals surface area contributed by atoms with E-state index in [4.69, 9.17) is 9.47 Å². The van der Waals surface area contributed by atoms with Gasteiger partial charge in [0.1, 0.15) is 5.75 Å². The number of benzene rings is 1. The number of allylic oxidation sites excluding steroid dienone is 4. The maximum absolute atomic E-state index is 12.6. The molecule has 0 fully saturated rings. The number of carbonyl (C=O) groups is 1. The van der Waals surface area contributed by atoms with Crippen LogP contribution in [0.3, 0.4) is 0 Å². The van der Waals surface area contributed by atoms with Gasteiger partial charge in [0.05, 0.1) is 24.9 Å². The van der Waals surface area contributed by atoms with Crippen LogP contribution in [0.15, 0.2) is 60.0 Å². The van der Waals surface area contributed by atoms with E-state index in [1.165, 1.54) is 56.1 Å². The van der Waals surface area contributed by atoms with E-state index in [9.17, 15) is 4.79 Å². The maximum Gasteiger partial charge on any atom is 0.314 e. The molecule has 5 heteroatoms. The zero-order chi connectivity index (χ0) is 27.0. The molecule has 1 aromatic carbocycles. The van der Waals surface area contributed by atoms with Crippen molar-refractivity contribution < 1.29 is 14.3 Å². The molecule has 1 unspecified atom stereocenters. The smallest absolute Gasteiger partial charge is 0.314 e. The van der Waals surface area contributed by atoms with Crippen LogP contribution in [0.2, 0.25) is 0 Å². The lowest BCUT2D eigenvalue weighted by Crippen LogP contribution is -2.22. The van der Waals surface area contributed by atoms with E-state index >= 15 is 0 Å². The normalized spacial score (nSPS) is 15.0. The highest BCUT2D eigenvalue weighted by molar-refractivity contribution is 5.75. The van der Waals surface area contributed by atoms with Crippen LogP contribution >= 0.6 is 0 Å². The predicted octanol–water partition coefficient (Wildman–Crippen LogP) is 9.04. The van der Waals surface area contributed by atoms with Crippen LogP contribution < -0.4 is 9.47 Å². The summed E-state index contributed by atoms with van der Waals surface area (Å²) in [6, 6.07) is 7.85. The minimum atomic E-state index is -0.195. The first kappa shape index (κ1) is 29.6. The fourth-order valence-electron chi connectivity index (χ4n) is 4.72. The van der Waals surface area contributed by atoms with E-state index in [2.05, 4.69) is 42.9 Å². The van der Waals surface area contributed by atoms with E-state index in [-0.39, 0.29) is 11.9 Å². The van der Waals surface area contributed by atoms with Gasteiger partial charge < -0.3 is 9.47 Å². The Balaban J connectivity index is 1.37. The van der Waals surface area contributed by atoms with Gasteiger partial charge in [-0.25, -0.2) is 9.97 Å². The molecule has 0 bridgehead atoms. The summed E-state index contributed by atoms with van der Waals surface area (Å²) in [6.07, 6.45) is 22.7. The van der Waals surface area contributed by atoms with Crippen molar-refractivity contribution in [3.8, 4) is 22.9 Å². The molecular formula is C33H46N2O3. The summed E-state index contributed by atoms with van der Waals surface area (Å²) in [5.74, 6) is 1.56. The van der Waals surface area contributed by atoms with E-state index < -0.39 is 0 Å². The number of nitrogens with zero attached hydrogens (tertiary/aromatic N) is 2. The second kappa shape index (κ2) is 16.8. The average Bonchev–Trinajstić information content (AvgIpc) is 2.93. The molecule has 0 amide bonds. The molecule has 3 rings (SSSR count). The SMILES string of the molecule is CCCCCCCCCCOc1ccc(-c2ncc(OC(=O)C3CC=C(CCC=C(C)C)CC3)cn2)cc1. The van der Waals surface area contributed by atoms with Gasteiger partial charge in [0.2, 0.25) is 0 Å². The number of hydrogen-bond donors (Lipinski definition) is 0. The van der Waals surface area contributed by atoms with Crippen LogP contribution in [0.4, 0.5) is 0 Å². The van der Waals surface area contributed by atoms with Crippen molar-refractivity contribution in [2.75, 3.05) is 6.61 Å². The quantitative estimate of drug-likeness (QED) is 0.126. The Morgan fingerprint density at radius 2 is 1.63 bits per heavy atom. The van der Waals surface area contributed by atoms with Crippen LogP contribution in [-0.2, 0) is 4.79 Å². The third-order valence-electron chi connectivity index (χ3n) is 7.08. The number of carbonyl (C=O) groups excluding carboxylic acids is 1. The summed E-state index contributed by atoms with van der Waals surface area (Å²) in [5.41, 5.74) is 3.70. The molecule has 2 aromatic rings. The summed E-state index contributed by atoms with van der Waals surface area (Å²) in [7, 11) is 0. The highest BCUT2D eigenvalue weighted by Gasteiger charge is 2.23. The molecular weight excluding hydrogens is 472 g/mol. The number of aromatic nitrogens is 2. The van der Waals surface area contributed by atoms with Gasteiger partial charge in [-0.2, -0.15) is 0 Å². The van der Waals surface area contributed by atoms with Crippen molar-refractivity contribution >= 4 is 5.97 Å². The number of ether oxygens (including phenoxy) is 2. The Kier molecular flexibility index (Phi) is 13.1. The Bertz CT molecular complexity index is 1020. The number of unbranched alkanes of at least 4 members (excludes halogenated alkanes) is 7. The van der Waals surface area contributed by atoms with Gasteiger partial charge in [0.25, 0.3) is 0 Å². The van der Waals surface area contributed by atoms with E-state index in [0.29, 0.717) is 11.6 Å².